The molecule has 0 radical (unpaired) electrons. The van der Waals surface area contributed by atoms with Gasteiger partial charge in [0.1, 0.15) is 11.6 Å². The predicted octanol–water partition coefficient (Wildman–Crippen LogP) is 2.70. The van der Waals surface area contributed by atoms with Gasteiger partial charge in [0.15, 0.2) is 6.61 Å². The molecule has 2 atom stereocenters. The SMILES string of the molecule is O=C1COc2cccc(F)c2C2CCC(CC2)OC[C@H]2[C@@H](NS(=O)(=O)C3CC3)CCCN12. The van der Waals surface area contributed by atoms with Gasteiger partial charge < -0.3 is 14.4 Å². The highest BCUT2D eigenvalue weighted by molar-refractivity contribution is 7.90. The molecule has 1 N–H and O–H groups in total. The van der Waals surface area contributed by atoms with E-state index in [0.29, 0.717) is 50.1 Å². The van der Waals surface area contributed by atoms with Gasteiger partial charge in [0.25, 0.3) is 5.91 Å². The Balaban J connectivity index is 1.41. The van der Waals surface area contributed by atoms with E-state index in [9.17, 15) is 17.6 Å². The third kappa shape index (κ3) is 4.52. The van der Waals surface area contributed by atoms with Crippen molar-refractivity contribution in [2.75, 3.05) is 19.8 Å². The molecule has 1 saturated heterocycles. The summed E-state index contributed by atoms with van der Waals surface area (Å²) in [4.78, 5) is 14.9. The number of halogens is 1. The maximum atomic E-state index is 14.7. The van der Waals surface area contributed by atoms with Crippen LogP contribution in [0.3, 0.4) is 0 Å². The lowest BCUT2D eigenvalue weighted by Gasteiger charge is -2.42. The number of piperidine rings is 1. The van der Waals surface area contributed by atoms with E-state index in [2.05, 4.69) is 4.72 Å². The molecule has 9 heteroatoms. The number of benzene rings is 1. The number of rotatable bonds is 3. The monoisotopic (exact) mass is 466 g/mol. The maximum Gasteiger partial charge on any atom is 0.260 e. The Kier molecular flexibility index (Phi) is 6.15. The van der Waals surface area contributed by atoms with Gasteiger partial charge >= 0.3 is 0 Å². The summed E-state index contributed by atoms with van der Waals surface area (Å²) in [5.41, 5.74) is 0.559. The third-order valence-corrected chi connectivity index (χ3v) is 9.31. The van der Waals surface area contributed by atoms with Crippen LogP contribution < -0.4 is 9.46 Å². The number of hydrogen-bond acceptors (Lipinski definition) is 5. The van der Waals surface area contributed by atoms with Crippen molar-refractivity contribution in [1.29, 1.82) is 0 Å². The highest BCUT2D eigenvalue weighted by Gasteiger charge is 2.42. The van der Waals surface area contributed by atoms with E-state index in [0.717, 1.165) is 25.7 Å². The van der Waals surface area contributed by atoms with E-state index >= 15 is 0 Å². The second-order valence-corrected chi connectivity index (χ2v) is 11.5. The smallest absolute Gasteiger partial charge is 0.260 e. The molecule has 0 aromatic heterocycles. The molecule has 0 unspecified atom stereocenters. The first-order valence-corrected chi connectivity index (χ1v) is 13.3. The largest absolute Gasteiger partial charge is 0.483 e. The zero-order valence-electron chi connectivity index (χ0n) is 18.2. The zero-order chi connectivity index (χ0) is 22.3. The second-order valence-electron chi connectivity index (χ2n) is 9.51. The van der Waals surface area contributed by atoms with Crippen molar-refractivity contribution >= 4 is 15.9 Å². The molecule has 0 spiro atoms. The van der Waals surface area contributed by atoms with Crippen molar-refractivity contribution in [3.63, 3.8) is 0 Å². The van der Waals surface area contributed by atoms with Crippen LogP contribution >= 0.6 is 0 Å². The maximum absolute atomic E-state index is 14.7. The fourth-order valence-corrected chi connectivity index (χ4v) is 7.06. The van der Waals surface area contributed by atoms with E-state index in [-0.39, 0.29) is 47.7 Å². The number of nitrogens with zero attached hydrogens (tertiary/aromatic N) is 1. The topological polar surface area (TPSA) is 84.9 Å². The standard InChI is InChI=1S/C23H31FN2O5S/c24-18-3-1-5-21-23(18)15-6-8-16(9-7-15)30-13-20-19(25-32(28,29)17-10-11-17)4-2-12-26(20)22(27)14-31-21/h1,3,5,15-17,19-20,25H,2,4,6-14H2/t15?,16?,19-,20-/m0/s1. The van der Waals surface area contributed by atoms with Crippen molar-refractivity contribution in [3.05, 3.63) is 29.6 Å². The van der Waals surface area contributed by atoms with E-state index in [1.165, 1.54) is 6.07 Å². The molecule has 2 aliphatic carbocycles. The Hall–Kier alpha value is -1.71. The lowest BCUT2D eigenvalue weighted by Crippen LogP contribution is -2.60. The van der Waals surface area contributed by atoms with Crippen LogP contribution in [-0.2, 0) is 19.6 Å². The highest BCUT2D eigenvalue weighted by Crippen LogP contribution is 2.40. The molecule has 2 saturated carbocycles. The number of nitrogens with one attached hydrogen (secondary N) is 1. The Morgan fingerprint density at radius 2 is 1.84 bits per heavy atom. The lowest BCUT2D eigenvalue weighted by molar-refractivity contribution is -0.140. The highest BCUT2D eigenvalue weighted by atomic mass is 32.2. The molecule has 6 rings (SSSR count). The van der Waals surface area contributed by atoms with Crippen LogP contribution in [0.15, 0.2) is 18.2 Å². The Bertz CT molecular complexity index is 959. The molecule has 7 nitrogen and oxygen atoms in total. The number of carbonyl (C=O) groups excluding carboxylic acids is 1. The zero-order valence-corrected chi connectivity index (χ0v) is 19.0. The number of carbonyl (C=O) groups is 1. The molecule has 1 aromatic carbocycles. The van der Waals surface area contributed by atoms with Crippen molar-refractivity contribution < 1.29 is 27.1 Å². The van der Waals surface area contributed by atoms with Gasteiger partial charge in [-0.15, -0.1) is 0 Å². The molecule has 2 bridgehead atoms. The molecule has 3 aliphatic heterocycles. The predicted molar refractivity (Wildman–Crippen MR) is 116 cm³/mol. The second kappa shape index (κ2) is 8.91. The minimum Gasteiger partial charge on any atom is -0.483 e. The van der Waals surface area contributed by atoms with Crippen LogP contribution in [0.4, 0.5) is 4.39 Å². The molecule has 3 fully saturated rings. The van der Waals surface area contributed by atoms with Crippen LogP contribution in [-0.4, -0.2) is 62.4 Å². The van der Waals surface area contributed by atoms with Gasteiger partial charge in [0.05, 0.1) is 24.0 Å². The molecule has 1 aromatic rings. The van der Waals surface area contributed by atoms with Crippen molar-refractivity contribution in [2.45, 2.75) is 80.7 Å². The Morgan fingerprint density at radius 1 is 1.06 bits per heavy atom. The molecular weight excluding hydrogens is 435 g/mol. The van der Waals surface area contributed by atoms with Gasteiger partial charge in [-0.25, -0.2) is 17.5 Å². The van der Waals surface area contributed by atoms with Gasteiger partial charge in [-0.05, 0) is 69.4 Å². The molecule has 1 amide bonds. The summed E-state index contributed by atoms with van der Waals surface area (Å²) in [6.45, 7) is 0.618. The minimum absolute atomic E-state index is 0.0303. The van der Waals surface area contributed by atoms with Crippen LogP contribution in [0, 0.1) is 5.82 Å². The summed E-state index contributed by atoms with van der Waals surface area (Å²) in [7, 11) is -3.38. The Labute approximate surface area is 188 Å². The summed E-state index contributed by atoms with van der Waals surface area (Å²) in [5.74, 6) is -0.0422. The molecular formula is C23H31FN2O5S. The first kappa shape index (κ1) is 22.1. The minimum atomic E-state index is -3.38. The molecule has 3 heterocycles. The van der Waals surface area contributed by atoms with Crippen LogP contribution in [0.25, 0.3) is 0 Å². The van der Waals surface area contributed by atoms with Gasteiger partial charge in [0, 0.05) is 18.2 Å². The summed E-state index contributed by atoms with van der Waals surface area (Å²) in [6, 6.07) is 4.04. The first-order chi connectivity index (χ1) is 15.4. The van der Waals surface area contributed by atoms with Gasteiger partial charge in [0.2, 0.25) is 10.0 Å². The molecule has 176 valence electrons. The number of fused-ring (bicyclic) bond motifs is 5. The average Bonchev–Trinajstić information content (AvgIpc) is 3.62. The first-order valence-electron chi connectivity index (χ1n) is 11.8. The normalized spacial score (nSPS) is 31.5. The van der Waals surface area contributed by atoms with E-state index in [4.69, 9.17) is 9.47 Å². The van der Waals surface area contributed by atoms with Crippen LogP contribution in [0.5, 0.6) is 5.75 Å². The van der Waals surface area contributed by atoms with Gasteiger partial charge in [-0.2, -0.15) is 0 Å². The number of ether oxygens (including phenoxy) is 2. The quantitative estimate of drug-likeness (QED) is 0.741. The third-order valence-electron chi connectivity index (χ3n) is 7.33. The number of hydrogen-bond donors (Lipinski definition) is 1. The van der Waals surface area contributed by atoms with Gasteiger partial charge in [-0.1, -0.05) is 6.07 Å². The van der Waals surface area contributed by atoms with Crippen molar-refractivity contribution in [2.24, 2.45) is 0 Å². The fraction of sp³-hybridized carbons (Fsp3) is 0.696. The average molecular weight is 467 g/mol. The summed E-state index contributed by atoms with van der Waals surface area (Å²) < 4.78 is 54.9. The van der Waals surface area contributed by atoms with E-state index < -0.39 is 10.0 Å². The lowest BCUT2D eigenvalue weighted by atomic mass is 9.82. The fourth-order valence-electron chi connectivity index (χ4n) is 5.41. The van der Waals surface area contributed by atoms with Crippen LogP contribution in [0.1, 0.15) is 62.8 Å². The van der Waals surface area contributed by atoms with Crippen molar-refractivity contribution in [3.8, 4) is 5.75 Å². The molecule has 5 aliphatic rings. The van der Waals surface area contributed by atoms with Crippen LogP contribution in [0.2, 0.25) is 0 Å². The summed E-state index contributed by atoms with van der Waals surface area (Å²) >= 11 is 0. The number of sulfonamides is 1. The Morgan fingerprint density at radius 3 is 2.59 bits per heavy atom. The van der Waals surface area contributed by atoms with Crippen molar-refractivity contribution in [1.82, 2.24) is 9.62 Å². The van der Waals surface area contributed by atoms with Gasteiger partial charge in [-0.3, -0.25) is 4.79 Å². The number of amides is 1. The summed E-state index contributed by atoms with van der Waals surface area (Å²) in [6.07, 6.45) is 5.99. The van der Waals surface area contributed by atoms with E-state index in [1.807, 2.05) is 0 Å². The van der Waals surface area contributed by atoms with E-state index in [1.54, 1.807) is 17.0 Å². The summed E-state index contributed by atoms with van der Waals surface area (Å²) in [5, 5.41) is -0.311. The molecule has 32 heavy (non-hydrogen) atoms.